The van der Waals surface area contributed by atoms with Crippen molar-refractivity contribution in [2.24, 2.45) is 0 Å². The molecule has 0 radical (unpaired) electrons. The molecule has 0 saturated heterocycles. The van der Waals surface area contributed by atoms with E-state index in [1.165, 1.54) is 23.5 Å². The van der Waals surface area contributed by atoms with Gasteiger partial charge in [-0.2, -0.15) is 0 Å². The van der Waals surface area contributed by atoms with Gasteiger partial charge in [-0.3, -0.25) is 9.59 Å². The number of thiophene rings is 1. The number of benzene rings is 2. The summed E-state index contributed by atoms with van der Waals surface area (Å²) in [6, 6.07) is 12.1. The van der Waals surface area contributed by atoms with Crippen molar-refractivity contribution >= 4 is 43.2 Å². The van der Waals surface area contributed by atoms with Gasteiger partial charge in [-0.1, -0.05) is 18.2 Å². The van der Waals surface area contributed by atoms with Gasteiger partial charge in [0.1, 0.15) is 13.2 Å². The third-order valence-electron chi connectivity index (χ3n) is 5.13. The monoisotopic (exact) mass is 489 g/mol. The Morgan fingerprint density at radius 2 is 1.85 bits per heavy atom. The van der Waals surface area contributed by atoms with Crippen LogP contribution in [0.1, 0.15) is 28.1 Å². The normalized spacial score (nSPS) is 13.1. The predicted octanol–water partition coefficient (Wildman–Crippen LogP) is 3.47. The zero-order chi connectivity index (χ0) is 23.4. The number of Topliss-reactive ketones (excluding diaryl/α,β-unsaturated/α-hetero) is 1. The minimum absolute atomic E-state index is 0.0116. The van der Waals surface area contributed by atoms with Crippen LogP contribution in [0.3, 0.4) is 0 Å². The van der Waals surface area contributed by atoms with Crippen molar-refractivity contribution in [2.45, 2.75) is 24.7 Å². The fraction of sp³-hybridized carbons (Fsp3) is 0.304. The molecule has 0 fully saturated rings. The van der Waals surface area contributed by atoms with Gasteiger partial charge in [-0.15, -0.1) is 11.3 Å². The van der Waals surface area contributed by atoms with Crippen LogP contribution in [0, 0.1) is 6.92 Å². The Morgan fingerprint density at radius 3 is 2.64 bits per heavy atom. The lowest BCUT2D eigenvalue weighted by atomic mass is 10.1. The zero-order valence-electron chi connectivity index (χ0n) is 18.0. The fourth-order valence-corrected chi connectivity index (χ4v) is 5.66. The number of nitrogens with one attached hydrogen (secondary N) is 1. The summed E-state index contributed by atoms with van der Waals surface area (Å²) in [5, 5.41) is 1.02. The highest BCUT2D eigenvalue weighted by Crippen LogP contribution is 2.32. The van der Waals surface area contributed by atoms with Crippen LogP contribution in [-0.4, -0.2) is 46.5 Å². The van der Waals surface area contributed by atoms with Crippen LogP contribution in [0.2, 0.25) is 0 Å². The van der Waals surface area contributed by atoms with Gasteiger partial charge in [-0.25, -0.2) is 13.1 Å². The molecule has 0 saturated carbocycles. The summed E-state index contributed by atoms with van der Waals surface area (Å²) in [4.78, 5) is 25.1. The average Bonchev–Trinajstić information content (AvgIpc) is 3.16. The minimum atomic E-state index is -3.76. The fourth-order valence-electron chi connectivity index (χ4n) is 3.44. The third-order valence-corrected chi connectivity index (χ3v) is 7.91. The molecule has 1 N–H and O–H groups in total. The van der Waals surface area contributed by atoms with E-state index in [2.05, 4.69) is 4.72 Å². The number of carbonyl (C=O) groups is 2. The first-order chi connectivity index (χ1) is 15.8. The van der Waals surface area contributed by atoms with Gasteiger partial charge in [0, 0.05) is 23.7 Å². The van der Waals surface area contributed by atoms with Gasteiger partial charge >= 0.3 is 5.97 Å². The number of sulfonamides is 1. The van der Waals surface area contributed by atoms with Crippen molar-refractivity contribution in [3.63, 3.8) is 0 Å². The summed E-state index contributed by atoms with van der Waals surface area (Å²) in [5.41, 5.74) is 0.880. The maximum absolute atomic E-state index is 12.5. The van der Waals surface area contributed by atoms with Gasteiger partial charge in [0.2, 0.25) is 15.8 Å². The van der Waals surface area contributed by atoms with E-state index in [9.17, 15) is 18.0 Å². The Kier molecular flexibility index (Phi) is 6.96. The number of aryl methyl sites for hydroxylation is 1. The standard InChI is InChI=1S/C23H23NO7S2/c1-15-17-5-2-3-6-21(17)32-23(15)18(25)14-31-22(26)7-4-10-24-33(27,28)16-8-9-19-20(13-16)30-12-11-29-19/h2-3,5-6,8-9,13,24H,4,7,10-12,14H2,1H3. The number of ether oxygens (including phenoxy) is 3. The molecule has 0 amide bonds. The second kappa shape index (κ2) is 9.90. The highest BCUT2D eigenvalue weighted by molar-refractivity contribution is 7.89. The van der Waals surface area contributed by atoms with Crippen molar-refractivity contribution in [1.29, 1.82) is 0 Å². The first-order valence-electron chi connectivity index (χ1n) is 10.4. The molecular weight excluding hydrogens is 466 g/mol. The summed E-state index contributed by atoms with van der Waals surface area (Å²) in [6.45, 7) is 2.37. The number of esters is 1. The van der Waals surface area contributed by atoms with Crippen molar-refractivity contribution in [3.8, 4) is 11.5 Å². The first kappa shape index (κ1) is 23.2. The summed E-state index contributed by atoms with van der Waals surface area (Å²) in [5.74, 6) is 0.0802. The smallest absolute Gasteiger partial charge is 0.306 e. The van der Waals surface area contributed by atoms with Crippen molar-refractivity contribution in [1.82, 2.24) is 4.72 Å². The molecule has 0 spiro atoms. The number of hydrogen-bond donors (Lipinski definition) is 1. The molecule has 1 aliphatic heterocycles. The molecule has 174 valence electrons. The molecule has 0 bridgehead atoms. The van der Waals surface area contributed by atoms with Crippen LogP contribution >= 0.6 is 11.3 Å². The van der Waals surface area contributed by atoms with Crippen LogP contribution in [-0.2, 0) is 19.6 Å². The Labute approximate surface area is 195 Å². The van der Waals surface area contributed by atoms with Gasteiger partial charge < -0.3 is 14.2 Å². The van der Waals surface area contributed by atoms with Crippen LogP contribution in [0.25, 0.3) is 10.1 Å². The van der Waals surface area contributed by atoms with Crippen molar-refractivity contribution in [3.05, 3.63) is 52.9 Å². The maximum atomic E-state index is 12.5. The Hall–Kier alpha value is -2.95. The largest absolute Gasteiger partial charge is 0.486 e. The highest BCUT2D eigenvalue weighted by atomic mass is 32.2. The lowest BCUT2D eigenvalue weighted by Gasteiger charge is -2.18. The lowest BCUT2D eigenvalue weighted by Crippen LogP contribution is -2.26. The lowest BCUT2D eigenvalue weighted by molar-refractivity contribution is -0.142. The molecule has 8 nitrogen and oxygen atoms in total. The van der Waals surface area contributed by atoms with Crippen LogP contribution in [0.4, 0.5) is 0 Å². The van der Waals surface area contributed by atoms with E-state index in [0.29, 0.717) is 29.6 Å². The van der Waals surface area contributed by atoms with Crippen molar-refractivity contribution in [2.75, 3.05) is 26.4 Å². The van der Waals surface area contributed by atoms with E-state index in [4.69, 9.17) is 14.2 Å². The quantitative estimate of drug-likeness (QED) is 0.279. The van der Waals surface area contributed by atoms with E-state index < -0.39 is 16.0 Å². The Bertz CT molecular complexity index is 1300. The number of hydrogen-bond acceptors (Lipinski definition) is 8. The maximum Gasteiger partial charge on any atom is 0.306 e. The van der Waals surface area contributed by atoms with E-state index in [1.807, 2.05) is 31.2 Å². The molecule has 3 aromatic rings. The number of ketones is 1. The SMILES string of the molecule is Cc1c(C(=O)COC(=O)CCCNS(=O)(=O)c2ccc3c(c2)OCCO3)sc2ccccc12. The minimum Gasteiger partial charge on any atom is -0.486 e. The zero-order valence-corrected chi connectivity index (χ0v) is 19.6. The molecular formula is C23H23NO7S2. The Balaban J connectivity index is 1.23. The molecule has 10 heteroatoms. The first-order valence-corrected chi connectivity index (χ1v) is 12.7. The van der Waals surface area contributed by atoms with Gasteiger partial charge in [0.25, 0.3) is 0 Å². The van der Waals surface area contributed by atoms with E-state index in [-0.39, 0.29) is 36.7 Å². The molecule has 1 aliphatic rings. The van der Waals surface area contributed by atoms with E-state index >= 15 is 0 Å². The highest BCUT2D eigenvalue weighted by Gasteiger charge is 2.20. The summed E-state index contributed by atoms with van der Waals surface area (Å²) in [7, 11) is -3.76. The summed E-state index contributed by atoms with van der Waals surface area (Å²) in [6.07, 6.45) is 0.223. The Morgan fingerprint density at radius 1 is 1.09 bits per heavy atom. The summed E-state index contributed by atoms with van der Waals surface area (Å²) < 4.78 is 44.3. The van der Waals surface area contributed by atoms with Crippen LogP contribution in [0.5, 0.6) is 11.5 Å². The molecule has 0 atom stereocenters. The molecule has 33 heavy (non-hydrogen) atoms. The van der Waals surface area contributed by atoms with Gasteiger partial charge in [-0.05, 0) is 42.5 Å². The summed E-state index contributed by atoms with van der Waals surface area (Å²) >= 11 is 1.38. The van der Waals surface area contributed by atoms with Gasteiger partial charge in [0.15, 0.2) is 18.1 Å². The second-order valence-electron chi connectivity index (χ2n) is 7.44. The van der Waals surface area contributed by atoms with Gasteiger partial charge in [0.05, 0.1) is 9.77 Å². The molecule has 0 aliphatic carbocycles. The molecule has 2 aromatic carbocycles. The molecule has 0 unspecified atom stereocenters. The number of rotatable bonds is 9. The molecule has 2 heterocycles. The van der Waals surface area contributed by atoms with E-state index in [0.717, 1.165) is 15.6 Å². The number of fused-ring (bicyclic) bond motifs is 2. The predicted molar refractivity (Wildman–Crippen MR) is 124 cm³/mol. The number of carbonyl (C=O) groups excluding carboxylic acids is 2. The van der Waals surface area contributed by atoms with Crippen LogP contribution < -0.4 is 14.2 Å². The van der Waals surface area contributed by atoms with E-state index in [1.54, 1.807) is 6.07 Å². The molecule has 4 rings (SSSR count). The molecule has 1 aromatic heterocycles. The van der Waals surface area contributed by atoms with Crippen molar-refractivity contribution < 1.29 is 32.2 Å². The average molecular weight is 490 g/mol. The topological polar surface area (TPSA) is 108 Å². The second-order valence-corrected chi connectivity index (χ2v) is 10.3. The van der Waals surface area contributed by atoms with Crippen LogP contribution in [0.15, 0.2) is 47.4 Å². The third kappa shape index (κ3) is 5.35.